The van der Waals surface area contributed by atoms with Gasteiger partial charge in [0.1, 0.15) is 23.9 Å². The van der Waals surface area contributed by atoms with Gasteiger partial charge in [0.25, 0.3) is 0 Å². The second-order valence-electron chi connectivity index (χ2n) is 6.46. The molecule has 1 aromatic heterocycles. The van der Waals surface area contributed by atoms with Crippen LogP contribution < -0.4 is 9.47 Å². The number of imidazole rings is 1. The first-order valence-electron chi connectivity index (χ1n) is 8.95. The maximum atomic E-state index is 12.9. The van der Waals surface area contributed by atoms with Crippen molar-refractivity contribution >= 4 is 28.7 Å². The summed E-state index contributed by atoms with van der Waals surface area (Å²) in [6.07, 6.45) is 2.04. The molecule has 6 nitrogen and oxygen atoms in total. The number of hydrogen-bond acceptors (Lipinski definition) is 5. The lowest BCUT2D eigenvalue weighted by Gasteiger charge is -2.20. The van der Waals surface area contributed by atoms with Crippen LogP contribution in [0.3, 0.4) is 0 Å². The Morgan fingerprint density at radius 1 is 1.18 bits per heavy atom. The Bertz CT molecular complexity index is 971. The first-order chi connectivity index (χ1) is 13.6. The smallest absolute Gasteiger partial charge is 0.242 e. The zero-order valence-corrected chi connectivity index (χ0v) is 17.5. The number of thioether (sulfide) groups is 1. The minimum Gasteiger partial charge on any atom is -0.497 e. The summed E-state index contributed by atoms with van der Waals surface area (Å²) in [5.41, 5.74) is 2.83. The van der Waals surface area contributed by atoms with Gasteiger partial charge < -0.3 is 18.9 Å². The molecule has 148 valence electrons. The summed E-state index contributed by atoms with van der Waals surface area (Å²) in [6.45, 7) is 0.710. The van der Waals surface area contributed by atoms with Crippen LogP contribution in [0.15, 0.2) is 42.5 Å². The summed E-state index contributed by atoms with van der Waals surface area (Å²) < 4.78 is 12.7. The number of benzene rings is 2. The van der Waals surface area contributed by atoms with E-state index in [0.717, 1.165) is 33.9 Å². The Labute approximate surface area is 169 Å². The SMILES string of the molecule is COc1ccc(CN(C)C(=O)Cn2c(CSC)nc3ccccc32)c(OC)c1. The van der Waals surface area contributed by atoms with Crippen molar-refractivity contribution < 1.29 is 14.3 Å². The van der Waals surface area contributed by atoms with E-state index >= 15 is 0 Å². The first kappa shape index (κ1) is 20.1. The number of hydrogen-bond donors (Lipinski definition) is 0. The van der Waals surface area contributed by atoms with E-state index < -0.39 is 0 Å². The Balaban J connectivity index is 1.80. The number of rotatable bonds is 8. The molecule has 0 spiro atoms. The third-order valence-corrected chi connectivity index (χ3v) is 5.17. The van der Waals surface area contributed by atoms with Crippen LogP contribution in [0.1, 0.15) is 11.4 Å². The van der Waals surface area contributed by atoms with Crippen molar-refractivity contribution in [3.05, 3.63) is 53.9 Å². The molecule has 0 unspecified atom stereocenters. The van der Waals surface area contributed by atoms with Gasteiger partial charge in [-0.25, -0.2) is 4.98 Å². The van der Waals surface area contributed by atoms with E-state index in [1.807, 2.05) is 53.3 Å². The van der Waals surface area contributed by atoms with Crippen molar-refractivity contribution in [2.24, 2.45) is 0 Å². The number of carbonyl (C=O) groups is 1. The average molecular weight is 400 g/mol. The zero-order valence-electron chi connectivity index (χ0n) is 16.6. The molecule has 1 heterocycles. The van der Waals surface area contributed by atoms with Crippen molar-refractivity contribution in [3.8, 4) is 11.5 Å². The number of para-hydroxylation sites is 2. The van der Waals surface area contributed by atoms with Gasteiger partial charge in [0.15, 0.2) is 0 Å². The van der Waals surface area contributed by atoms with Gasteiger partial charge in [0, 0.05) is 25.2 Å². The molecule has 0 aliphatic heterocycles. The van der Waals surface area contributed by atoms with Crippen molar-refractivity contribution in [3.63, 3.8) is 0 Å². The highest BCUT2D eigenvalue weighted by Gasteiger charge is 2.17. The maximum Gasteiger partial charge on any atom is 0.242 e. The van der Waals surface area contributed by atoms with E-state index in [1.54, 1.807) is 37.9 Å². The van der Waals surface area contributed by atoms with Gasteiger partial charge in [0.05, 0.1) is 31.0 Å². The molecule has 0 fully saturated rings. The summed E-state index contributed by atoms with van der Waals surface area (Å²) in [5.74, 6) is 3.12. The molecule has 2 aromatic carbocycles. The molecule has 7 heteroatoms. The topological polar surface area (TPSA) is 56.6 Å². The minimum absolute atomic E-state index is 0.0170. The molecule has 0 saturated carbocycles. The molecule has 0 bridgehead atoms. The van der Waals surface area contributed by atoms with Gasteiger partial charge in [-0.2, -0.15) is 11.8 Å². The molecule has 0 atom stereocenters. The quantitative estimate of drug-likeness (QED) is 0.580. The number of nitrogens with zero attached hydrogens (tertiary/aromatic N) is 3. The summed E-state index contributed by atoms with van der Waals surface area (Å²) in [7, 11) is 5.04. The second-order valence-corrected chi connectivity index (χ2v) is 7.33. The third-order valence-electron chi connectivity index (χ3n) is 4.63. The Kier molecular flexibility index (Phi) is 6.46. The Morgan fingerprint density at radius 2 is 1.96 bits per heavy atom. The van der Waals surface area contributed by atoms with Gasteiger partial charge >= 0.3 is 0 Å². The van der Waals surface area contributed by atoms with Crippen molar-refractivity contribution in [1.29, 1.82) is 0 Å². The van der Waals surface area contributed by atoms with Crippen molar-refractivity contribution in [2.45, 2.75) is 18.8 Å². The number of carbonyl (C=O) groups excluding carboxylic acids is 1. The molecule has 28 heavy (non-hydrogen) atoms. The van der Waals surface area contributed by atoms with Gasteiger partial charge in [-0.15, -0.1) is 0 Å². The average Bonchev–Trinajstić information content (AvgIpc) is 3.05. The molecule has 3 aromatic rings. The third kappa shape index (κ3) is 4.25. The number of ether oxygens (including phenoxy) is 2. The minimum atomic E-state index is 0.0170. The fraction of sp³-hybridized carbons (Fsp3) is 0.333. The number of aromatic nitrogens is 2. The van der Waals surface area contributed by atoms with Crippen LogP contribution >= 0.6 is 11.8 Å². The standard InChI is InChI=1S/C21H25N3O3S/c1-23(12-15-9-10-16(26-2)11-19(15)27-3)21(25)13-24-18-8-6-5-7-17(18)22-20(24)14-28-4/h5-11H,12-14H2,1-4H3. The van der Waals surface area contributed by atoms with Crippen LogP contribution in [0.4, 0.5) is 0 Å². The van der Waals surface area contributed by atoms with E-state index in [0.29, 0.717) is 12.3 Å². The van der Waals surface area contributed by atoms with E-state index in [-0.39, 0.29) is 12.5 Å². The van der Waals surface area contributed by atoms with Crippen LogP contribution in [0.5, 0.6) is 11.5 Å². The molecule has 0 aliphatic carbocycles. The first-order valence-corrected chi connectivity index (χ1v) is 10.3. The van der Waals surface area contributed by atoms with Gasteiger partial charge in [-0.05, 0) is 30.5 Å². The summed E-state index contributed by atoms with van der Waals surface area (Å²) in [5, 5.41) is 0. The fourth-order valence-electron chi connectivity index (χ4n) is 3.12. The van der Waals surface area contributed by atoms with Crippen LogP contribution in [0.25, 0.3) is 11.0 Å². The lowest BCUT2D eigenvalue weighted by molar-refractivity contribution is -0.131. The zero-order chi connectivity index (χ0) is 20.1. The van der Waals surface area contributed by atoms with E-state index in [4.69, 9.17) is 9.47 Å². The monoisotopic (exact) mass is 399 g/mol. The number of likely N-dealkylation sites (N-methyl/N-ethyl adjacent to an activating group) is 1. The highest BCUT2D eigenvalue weighted by atomic mass is 32.2. The Morgan fingerprint density at radius 3 is 2.68 bits per heavy atom. The largest absolute Gasteiger partial charge is 0.497 e. The predicted octanol–water partition coefficient (Wildman–Crippen LogP) is 3.58. The molecule has 0 N–H and O–H groups in total. The lowest BCUT2D eigenvalue weighted by atomic mass is 10.1. The lowest BCUT2D eigenvalue weighted by Crippen LogP contribution is -2.30. The van der Waals surface area contributed by atoms with Gasteiger partial charge in [-0.1, -0.05) is 12.1 Å². The van der Waals surface area contributed by atoms with E-state index in [1.165, 1.54) is 0 Å². The molecule has 3 rings (SSSR count). The van der Waals surface area contributed by atoms with Crippen LogP contribution in [-0.4, -0.2) is 47.9 Å². The number of methoxy groups -OCH3 is 2. The molecule has 0 saturated heterocycles. The summed E-state index contributed by atoms with van der Waals surface area (Å²) >= 11 is 1.69. The fourth-order valence-corrected chi connectivity index (χ4v) is 3.60. The highest BCUT2D eigenvalue weighted by Crippen LogP contribution is 2.26. The second kappa shape index (κ2) is 9.01. The van der Waals surface area contributed by atoms with Gasteiger partial charge in [-0.3, -0.25) is 4.79 Å². The van der Waals surface area contributed by atoms with Gasteiger partial charge in [0.2, 0.25) is 5.91 Å². The van der Waals surface area contributed by atoms with Crippen molar-refractivity contribution in [2.75, 3.05) is 27.5 Å². The van der Waals surface area contributed by atoms with Crippen LogP contribution in [-0.2, 0) is 23.6 Å². The Hall–Kier alpha value is -2.67. The molecule has 0 aliphatic rings. The van der Waals surface area contributed by atoms with E-state index in [9.17, 15) is 4.79 Å². The highest BCUT2D eigenvalue weighted by molar-refractivity contribution is 7.97. The van der Waals surface area contributed by atoms with Crippen molar-refractivity contribution in [1.82, 2.24) is 14.5 Å². The summed E-state index contributed by atoms with van der Waals surface area (Å²) in [4.78, 5) is 19.3. The number of amides is 1. The van der Waals surface area contributed by atoms with Crippen LogP contribution in [0.2, 0.25) is 0 Å². The molecular weight excluding hydrogens is 374 g/mol. The predicted molar refractivity (Wildman–Crippen MR) is 113 cm³/mol. The van der Waals surface area contributed by atoms with E-state index in [2.05, 4.69) is 4.98 Å². The van der Waals surface area contributed by atoms with Crippen LogP contribution in [0, 0.1) is 0 Å². The number of fused-ring (bicyclic) bond motifs is 1. The molecule has 1 amide bonds. The summed E-state index contributed by atoms with van der Waals surface area (Å²) in [6, 6.07) is 13.5. The normalized spacial score (nSPS) is 10.9. The maximum absolute atomic E-state index is 12.9. The molecule has 0 radical (unpaired) electrons. The molecular formula is C21H25N3O3S.